The first-order valence-corrected chi connectivity index (χ1v) is 10.8. The van der Waals surface area contributed by atoms with Crippen LogP contribution in [0.4, 0.5) is 0 Å². The summed E-state index contributed by atoms with van der Waals surface area (Å²) in [6, 6.07) is 14.0. The first kappa shape index (κ1) is 20.4. The summed E-state index contributed by atoms with van der Waals surface area (Å²) < 4.78 is 26.7. The second kappa shape index (κ2) is 9.27. The van der Waals surface area contributed by atoms with Crippen molar-refractivity contribution in [3.05, 3.63) is 60.3 Å². The molecule has 2 aromatic rings. The Morgan fingerprint density at radius 2 is 1.93 bits per heavy atom. The second-order valence-electron chi connectivity index (χ2n) is 6.90. The number of benzene rings is 1. The number of pyridine rings is 1. The van der Waals surface area contributed by atoms with Crippen molar-refractivity contribution in [3.8, 4) is 0 Å². The standard InChI is InChI=1S/C20H25N3O4S/c24-18-15-23(28(26,27)20-10-4-5-13-21-20)14-6-9-17(18)22-19(25)12-11-16-7-2-1-3-8-16/h1-5,7-8,10,13,17-18,24H,6,9,11-12,14-15H2,(H,22,25). The van der Waals surface area contributed by atoms with Gasteiger partial charge in [0.15, 0.2) is 5.03 Å². The van der Waals surface area contributed by atoms with E-state index in [9.17, 15) is 18.3 Å². The average Bonchev–Trinajstić information content (AvgIpc) is 2.90. The Hall–Kier alpha value is -2.29. The van der Waals surface area contributed by atoms with Gasteiger partial charge in [0.1, 0.15) is 0 Å². The number of aliphatic hydroxyl groups is 1. The molecule has 1 aliphatic heterocycles. The topological polar surface area (TPSA) is 99.6 Å². The van der Waals surface area contributed by atoms with Crippen LogP contribution >= 0.6 is 0 Å². The summed E-state index contributed by atoms with van der Waals surface area (Å²) in [5, 5.41) is 13.4. The summed E-state index contributed by atoms with van der Waals surface area (Å²) in [5.74, 6) is -0.145. The van der Waals surface area contributed by atoms with Gasteiger partial charge >= 0.3 is 0 Å². The monoisotopic (exact) mass is 403 g/mol. The lowest BCUT2D eigenvalue weighted by Crippen LogP contribution is -2.47. The zero-order chi connectivity index (χ0) is 20.0. The lowest BCUT2D eigenvalue weighted by atomic mass is 10.1. The predicted molar refractivity (Wildman–Crippen MR) is 105 cm³/mol. The van der Waals surface area contributed by atoms with Gasteiger partial charge in [-0.2, -0.15) is 4.31 Å². The minimum Gasteiger partial charge on any atom is -0.390 e. The van der Waals surface area contributed by atoms with E-state index in [0.29, 0.717) is 25.7 Å². The molecule has 1 aromatic heterocycles. The highest BCUT2D eigenvalue weighted by Gasteiger charge is 2.33. The van der Waals surface area contributed by atoms with E-state index in [2.05, 4.69) is 10.3 Å². The molecule has 0 saturated carbocycles. The number of nitrogens with zero attached hydrogens (tertiary/aromatic N) is 2. The molecule has 8 heteroatoms. The van der Waals surface area contributed by atoms with Crippen LogP contribution in [0.1, 0.15) is 24.8 Å². The minimum atomic E-state index is -3.77. The molecular weight excluding hydrogens is 378 g/mol. The number of carbonyl (C=O) groups is 1. The van der Waals surface area contributed by atoms with Crippen LogP contribution < -0.4 is 5.32 Å². The summed E-state index contributed by atoms with van der Waals surface area (Å²) in [6.45, 7) is 0.217. The van der Waals surface area contributed by atoms with Crippen molar-refractivity contribution in [1.29, 1.82) is 0 Å². The van der Waals surface area contributed by atoms with Crippen molar-refractivity contribution in [1.82, 2.24) is 14.6 Å². The smallest absolute Gasteiger partial charge is 0.260 e. The number of aliphatic hydroxyl groups excluding tert-OH is 1. The summed E-state index contributed by atoms with van der Waals surface area (Å²) in [4.78, 5) is 16.2. The summed E-state index contributed by atoms with van der Waals surface area (Å²) in [7, 11) is -3.77. The van der Waals surface area contributed by atoms with Crippen molar-refractivity contribution < 1.29 is 18.3 Å². The van der Waals surface area contributed by atoms with Gasteiger partial charge in [0.2, 0.25) is 5.91 Å². The number of aryl methyl sites for hydroxylation is 1. The number of aromatic nitrogens is 1. The zero-order valence-electron chi connectivity index (χ0n) is 15.6. The number of β-amino-alcohol motifs (C(OH)–C–C–N with tert-alkyl or cyclic N) is 1. The normalized spacial score (nSPS) is 21.0. The molecule has 1 aliphatic rings. The van der Waals surface area contributed by atoms with E-state index >= 15 is 0 Å². The first-order valence-electron chi connectivity index (χ1n) is 9.39. The Bertz CT molecular complexity index is 875. The quantitative estimate of drug-likeness (QED) is 0.758. The van der Waals surface area contributed by atoms with E-state index in [4.69, 9.17) is 0 Å². The van der Waals surface area contributed by atoms with E-state index in [1.54, 1.807) is 12.1 Å². The molecule has 1 amide bonds. The number of nitrogens with one attached hydrogen (secondary N) is 1. The highest BCUT2D eigenvalue weighted by molar-refractivity contribution is 7.89. The maximum absolute atomic E-state index is 12.7. The Morgan fingerprint density at radius 1 is 1.18 bits per heavy atom. The molecule has 2 unspecified atom stereocenters. The number of hydrogen-bond donors (Lipinski definition) is 2. The van der Waals surface area contributed by atoms with Gasteiger partial charge in [-0.15, -0.1) is 0 Å². The summed E-state index contributed by atoms with van der Waals surface area (Å²) in [6.07, 6.45) is 2.47. The Balaban J connectivity index is 1.58. The number of hydrogen-bond acceptors (Lipinski definition) is 5. The minimum absolute atomic E-state index is 0.0347. The summed E-state index contributed by atoms with van der Waals surface area (Å²) >= 11 is 0. The highest BCUT2D eigenvalue weighted by Crippen LogP contribution is 2.19. The molecule has 1 fully saturated rings. The molecule has 2 N–H and O–H groups in total. The van der Waals surface area contributed by atoms with E-state index < -0.39 is 22.2 Å². The number of carbonyl (C=O) groups excluding carboxylic acids is 1. The van der Waals surface area contributed by atoms with E-state index in [1.807, 2.05) is 30.3 Å². The van der Waals surface area contributed by atoms with Crippen LogP contribution in [0.5, 0.6) is 0 Å². The lowest BCUT2D eigenvalue weighted by molar-refractivity contribution is -0.122. The second-order valence-corrected chi connectivity index (χ2v) is 8.79. The molecule has 1 aromatic carbocycles. The van der Waals surface area contributed by atoms with Crippen LogP contribution in [-0.2, 0) is 21.2 Å². The average molecular weight is 404 g/mol. The largest absolute Gasteiger partial charge is 0.390 e. The molecule has 2 heterocycles. The van der Waals surface area contributed by atoms with Gasteiger partial charge in [-0.25, -0.2) is 13.4 Å². The maximum Gasteiger partial charge on any atom is 0.260 e. The van der Waals surface area contributed by atoms with Crippen molar-refractivity contribution >= 4 is 15.9 Å². The Kier molecular flexibility index (Phi) is 6.77. The molecule has 0 bridgehead atoms. The van der Waals surface area contributed by atoms with E-state index in [-0.39, 0.29) is 24.0 Å². The van der Waals surface area contributed by atoms with Crippen LogP contribution in [0.3, 0.4) is 0 Å². The molecule has 0 radical (unpaired) electrons. The third kappa shape index (κ3) is 5.15. The molecule has 0 spiro atoms. The molecule has 3 rings (SSSR count). The third-order valence-electron chi connectivity index (χ3n) is 4.85. The fraction of sp³-hybridized carbons (Fsp3) is 0.400. The van der Waals surface area contributed by atoms with Gasteiger partial charge in [0.25, 0.3) is 10.0 Å². The van der Waals surface area contributed by atoms with E-state index in [0.717, 1.165) is 5.56 Å². The van der Waals surface area contributed by atoms with Gasteiger partial charge in [-0.05, 0) is 37.0 Å². The predicted octanol–water partition coefficient (Wildman–Crippen LogP) is 1.34. The van der Waals surface area contributed by atoms with Crippen LogP contribution in [0, 0.1) is 0 Å². The van der Waals surface area contributed by atoms with Crippen molar-refractivity contribution in [3.63, 3.8) is 0 Å². The third-order valence-corrected chi connectivity index (χ3v) is 6.63. The van der Waals surface area contributed by atoms with Gasteiger partial charge in [-0.1, -0.05) is 36.4 Å². The van der Waals surface area contributed by atoms with Gasteiger partial charge in [0.05, 0.1) is 12.1 Å². The molecular formula is C20H25N3O4S. The zero-order valence-corrected chi connectivity index (χ0v) is 16.4. The lowest BCUT2D eigenvalue weighted by Gasteiger charge is -2.24. The van der Waals surface area contributed by atoms with Crippen molar-refractivity contribution in [2.75, 3.05) is 13.1 Å². The molecule has 0 aliphatic carbocycles. The Labute approximate surface area is 165 Å². The highest BCUT2D eigenvalue weighted by atomic mass is 32.2. The van der Waals surface area contributed by atoms with Crippen LogP contribution in [0.2, 0.25) is 0 Å². The maximum atomic E-state index is 12.7. The van der Waals surface area contributed by atoms with Gasteiger partial charge in [-0.3, -0.25) is 4.79 Å². The SMILES string of the molecule is O=C(CCc1ccccc1)NC1CCCN(S(=O)(=O)c2ccccn2)CC1O. The first-order chi connectivity index (χ1) is 13.5. The molecule has 150 valence electrons. The van der Waals surface area contributed by atoms with Crippen LogP contribution in [0.25, 0.3) is 0 Å². The molecule has 7 nitrogen and oxygen atoms in total. The molecule has 2 atom stereocenters. The van der Waals surface area contributed by atoms with Crippen molar-refractivity contribution in [2.24, 2.45) is 0 Å². The van der Waals surface area contributed by atoms with Crippen LogP contribution in [-0.4, -0.2) is 54.0 Å². The van der Waals surface area contributed by atoms with Gasteiger partial charge < -0.3 is 10.4 Å². The molecule has 1 saturated heterocycles. The number of sulfonamides is 1. The Morgan fingerprint density at radius 3 is 2.64 bits per heavy atom. The van der Waals surface area contributed by atoms with Gasteiger partial charge in [0, 0.05) is 25.7 Å². The van der Waals surface area contributed by atoms with Crippen molar-refractivity contribution in [2.45, 2.75) is 42.9 Å². The van der Waals surface area contributed by atoms with Crippen LogP contribution in [0.15, 0.2) is 59.8 Å². The number of amides is 1. The van der Waals surface area contributed by atoms with E-state index in [1.165, 1.54) is 16.6 Å². The fourth-order valence-electron chi connectivity index (χ4n) is 3.31. The summed E-state index contributed by atoms with van der Waals surface area (Å²) in [5.41, 5.74) is 1.08. The number of rotatable bonds is 6. The molecule has 28 heavy (non-hydrogen) atoms. The fourth-order valence-corrected chi connectivity index (χ4v) is 4.73.